The monoisotopic (exact) mass is 192 g/mol. The first-order chi connectivity index (χ1) is 6.40. The van der Waals surface area contributed by atoms with Crippen molar-refractivity contribution in [2.45, 2.75) is 5.16 Å². The second-order valence-electron chi connectivity index (χ2n) is 2.42. The Morgan fingerprint density at radius 1 is 1.23 bits per heavy atom. The molecule has 2 rings (SSSR count). The summed E-state index contributed by atoms with van der Waals surface area (Å²) in [7, 11) is 0. The lowest BCUT2D eigenvalue weighted by atomic mass is 10.3. The molecule has 0 aromatic carbocycles. The molecule has 0 atom stereocenters. The predicted molar refractivity (Wildman–Crippen MR) is 51.4 cm³/mol. The number of thioether (sulfide) groups is 1. The number of nitrogens with zero attached hydrogens (tertiary/aromatic N) is 3. The fourth-order valence-corrected chi connectivity index (χ4v) is 1.30. The van der Waals surface area contributed by atoms with Gasteiger partial charge >= 0.3 is 0 Å². The van der Waals surface area contributed by atoms with Crippen molar-refractivity contribution in [1.82, 2.24) is 20.2 Å². The van der Waals surface area contributed by atoms with Gasteiger partial charge in [0.15, 0.2) is 11.0 Å². The van der Waals surface area contributed by atoms with E-state index in [2.05, 4.69) is 20.2 Å². The summed E-state index contributed by atoms with van der Waals surface area (Å²) in [6.07, 6.45) is 5.42. The number of hydrogen-bond acceptors (Lipinski definition) is 4. The summed E-state index contributed by atoms with van der Waals surface area (Å²) in [4.78, 5) is 7.02. The zero-order valence-electron chi connectivity index (χ0n) is 7.06. The Morgan fingerprint density at radius 2 is 2.00 bits per heavy atom. The van der Waals surface area contributed by atoms with Crippen molar-refractivity contribution in [3.8, 4) is 11.4 Å². The minimum absolute atomic E-state index is 0.784. The minimum Gasteiger partial charge on any atom is -0.316 e. The molecule has 2 aromatic rings. The van der Waals surface area contributed by atoms with Crippen LogP contribution in [0.5, 0.6) is 0 Å². The van der Waals surface area contributed by atoms with Crippen LogP contribution < -0.4 is 0 Å². The van der Waals surface area contributed by atoms with Gasteiger partial charge in [0.2, 0.25) is 0 Å². The van der Waals surface area contributed by atoms with E-state index >= 15 is 0 Å². The fraction of sp³-hybridized carbons (Fsp3) is 0.125. The lowest BCUT2D eigenvalue weighted by Gasteiger charge is -1.91. The van der Waals surface area contributed by atoms with Gasteiger partial charge in [-0.25, -0.2) is 0 Å². The molecule has 0 aliphatic carbocycles. The zero-order valence-corrected chi connectivity index (χ0v) is 7.88. The molecule has 13 heavy (non-hydrogen) atoms. The molecule has 0 saturated heterocycles. The Bertz CT molecular complexity index is 384. The van der Waals surface area contributed by atoms with E-state index in [1.165, 1.54) is 11.8 Å². The van der Waals surface area contributed by atoms with Crippen molar-refractivity contribution in [2.24, 2.45) is 0 Å². The van der Waals surface area contributed by atoms with Crippen LogP contribution in [0.2, 0.25) is 0 Å². The van der Waals surface area contributed by atoms with Crippen LogP contribution in [0.4, 0.5) is 0 Å². The van der Waals surface area contributed by atoms with E-state index in [1.807, 2.05) is 18.4 Å². The van der Waals surface area contributed by atoms with Gasteiger partial charge in [0.25, 0.3) is 0 Å². The van der Waals surface area contributed by atoms with Crippen molar-refractivity contribution >= 4 is 11.8 Å². The molecule has 1 N–H and O–H groups in total. The standard InChI is InChI=1S/C8H8N4S/c1-13-8-10-7(11-12-8)6-2-4-9-5-3-6/h2-5H,1H3,(H,10,11,12). The van der Waals surface area contributed by atoms with Gasteiger partial charge in [0.1, 0.15) is 0 Å². The number of H-pyrrole nitrogens is 1. The van der Waals surface area contributed by atoms with Gasteiger partial charge in [-0.05, 0) is 18.4 Å². The molecular formula is C8H8N4S. The first-order valence-corrected chi connectivity index (χ1v) is 4.99. The largest absolute Gasteiger partial charge is 0.316 e. The van der Waals surface area contributed by atoms with Crippen molar-refractivity contribution in [1.29, 1.82) is 0 Å². The van der Waals surface area contributed by atoms with Crippen molar-refractivity contribution < 1.29 is 0 Å². The van der Waals surface area contributed by atoms with E-state index in [9.17, 15) is 0 Å². The highest BCUT2D eigenvalue weighted by molar-refractivity contribution is 7.98. The minimum atomic E-state index is 0.784. The first-order valence-electron chi connectivity index (χ1n) is 3.77. The van der Waals surface area contributed by atoms with Crippen LogP contribution in [-0.2, 0) is 0 Å². The van der Waals surface area contributed by atoms with Crippen LogP contribution in [0, 0.1) is 0 Å². The van der Waals surface area contributed by atoms with Crippen LogP contribution >= 0.6 is 11.8 Å². The number of nitrogens with one attached hydrogen (secondary N) is 1. The van der Waals surface area contributed by atoms with Gasteiger partial charge in [-0.3, -0.25) is 4.98 Å². The summed E-state index contributed by atoms with van der Waals surface area (Å²) >= 11 is 1.54. The third-order valence-electron chi connectivity index (χ3n) is 1.61. The number of pyridine rings is 1. The quantitative estimate of drug-likeness (QED) is 0.734. The topological polar surface area (TPSA) is 54.5 Å². The van der Waals surface area contributed by atoms with Crippen LogP contribution in [0.1, 0.15) is 0 Å². The number of hydrogen-bond donors (Lipinski definition) is 1. The highest BCUT2D eigenvalue weighted by Gasteiger charge is 2.02. The van der Waals surface area contributed by atoms with Gasteiger partial charge < -0.3 is 4.98 Å². The second-order valence-corrected chi connectivity index (χ2v) is 3.21. The summed E-state index contributed by atoms with van der Waals surface area (Å²) in [5.74, 6) is 0.784. The van der Waals surface area contributed by atoms with Crippen LogP contribution in [0.25, 0.3) is 11.4 Å². The summed E-state index contributed by atoms with van der Waals surface area (Å²) in [6.45, 7) is 0. The van der Waals surface area contributed by atoms with Gasteiger partial charge in [-0.2, -0.15) is 0 Å². The molecular weight excluding hydrogens is 184 g/mol. The molecule has 0 aliphatic heterocycles. The molecule has 66 valence electrons. The van der Waals surface area contributed by atoms with Gasteiger partial charge in [-0.15, -0.1) is 10.2 Å². The van der Waals surface area contributed by atoms with Crippen molar-refractivity contribution in [3.63, 3.8) is 0 Å². The SMILES string of the molecule is CSc1nnc(-c2ccncc2)[nH]1. The molecule has 0 spiro atoms. The van der Waals surface area contributed by atoms with E-state index in [1.54, 1.807) is 12.4 Å². The maximum Gasteiger partial charge on any atom is 0.188 e. The average molecular weight is 192 g/mol. The van der Waals surface area contributed by atoms with Gasteiger partial charge in [0, 0.05) is 18.0 Å². The second kappa shape index (κ2) is 3.57. The summed E-state index contributed by atoms with van der Waals surface area (Å²) in [5, 5.41) is 8.78. The molecule has 0 unspecified atom stereocenters. The Kier molecular flexibility index (Phi) is 2.27. The first kappa shape index (κ1) is 8.25. The maximum atomic E-state index is 4.00. The molecule has 2 aromatic heterocycles. The molecule has 0 amide bonds. The Hall–Kier alpha value is -1.36. The van der Waals surface area contributed by atoms with E-state index in [-0.39, 0.29) is 0 Å². The lowest BCUT2D eigenvalue weighted by molar-refractivity contribution is 0.976. The van der Waals surface area contributed by atoms with E-state index < -0.39 is 0 Å². The van der Waals surface area contributed by atoms with E-state index in [0.29, 0.717) is 0 Å². The fourth-order valence-electron chi connectivity index (χ4n) is 0.978. The zero-order chi connectivity index (χ0) is 9.10. The number of aromatic nitrogens is 4. The Balaban J connectivity index is 2.36. The highest BCUT2D eigenvalue weighted by atomic mass is 32.2. The van der Waals surface area contributed by atoms with Gasteiger partial charge in [0.05, 0.1) is 0 Å². The third kappa shape index (κ3) is 1.70. The molecule has 0 bridgehead atoms. The van der Waals surface area contributed by atoms with Crippen LogP contribution in [-0.4, -0.2) is 26.4 Å². The summed E-state index contributed by atoms with van der Waals surface area (Å²) < 4.78 is 0. The van der Waals surface area contributed by atoms with E-state index in [4.69, 9.17) is 0 Å². The molecule has 0 fully saturated rings. The number of aromatic amines is 1. The van der Waals surface area contributed by atoms with Crippen molar-refractivity contribution in [2.75, 3.05) is 6.26 Å². The Morgan fingerprint density at radius 3 is 2.62 bits per heavy atom. The molecule has 0 aliphatic rings. The summed E-state index contributed by atoms with van der Waals surface area (Å²) in [5.41, 5.74) is 1.00. The number of rotatable bonds is 2. The smallest absolute Gasteiger partial charge is 0.188 e. The van der Waals surface area contributed by atoms with Crippen LogP contribution in [0.15, 0.2) is 29.7 Å². The molecule has 5 heteroatoms. The summed E-state index contributed by atoms with van der Waals surface area (Å²) in [6, 6.07) is 3.79. The normalized spacial score (nSPS) is 10.2. The average Bonchev–Trinajstić information content (AvgIpc) is 2.67. The third-order valence-corrected chi connectivity index (χ3v) is 2.18. The molecule has 4 nitrogen and oxygen atoms in total. The van der Waals surface area contributed by atoms with Crippen molar-refractivity contribution in [3.05, 3.63) is 24.5 Å². The predicted octanol–water partition coefficient (Wildman–Crippen LogP) is 1.59. The van der Waals surface area contributed by atoms with Gasteiger partial charge in [-0.1, -0.05) is 11.8 Å². The van der Waals surface area contributed by atoms with Crippen LogP contribution in [0.3, 0.4) is 0 Å². The lowest BCUT2D eigenvalue weighted by Crippen LogP contribution is -1.80. The molecule has 2 heterocycles. The highest BCUT2D eigenvalue weighted by Crippen LogP contribution is 2.15. The Labute approximate surface area is 79.8 Å². The molecule has 0 radical (unpaired) electrons. The van der Waals surface area contributed by atoms with E-state index in [0.717, 1.165) is 16.5 Å². The maximum absolute atomic E-state index is 4.00. The molecule has 0 saturated carbocycles.